The molecule has 158 valence electrons. The molecule has 4 aromatic rings. The van der Waals surface area contributed by atoms with Gasteiger partial charge in [0.1, 0.15) is 17.2 Å². The van der Waals surface area contributed by atoms with Crippen molar-refractivity contribution in [2.75, 3.05) is 5.32 Å². The Kier molecular flexibility index (Phi) is 4.94. The number of hydrogen-bond donors (Lipinski definition) is 2. The van der Waals surface area contributed by atoms with Gasteiger partial charge in [0.2, 0.25) is 0 Å². The summed E-state index contributed by atoms with van der Waals surface area (Å²) in [6, 6.07) is 13.0. The molecule has 0 bridgehead atoms. The molecule has 0 aliphatic carbocycles. The smallest absolute Gasteiger partial charge is 0.336 e. The van der Waals surface area contributed by atoms with Gasteiger partial charge in [-0.05, 0) is 49.6 Å². The number of aromatic hydroxyl groups is 1. The molecule has 2 aromatic heterocycles. The zero-order valence-electron chi connectivity index (χ0n) is 17.4. The summed E-state index contributed by atoms with van der Waals surface area (Å²) in [6.07, 6.45) is 4.51. The number of hydrogen-bond acceptors (Lipinski definition) is 6. The molecule has 3 heterocycles. The van der Waals surface area contributed by atoms with E-state index in [0.29, 0.717) is 17.7 Å². The van der Waals surface area contributed by atoms with Gasteiger partial charge in [-0.15, -0.1) is 10.2 Å². The Morgan fingerprint density at radius 2 is 2.03 bits per heavy atom. The van der Waals surface area contributed by atoms with Crippen molar-refractivity contribution < 1.29 is 9.52 Å². The Morgan fingerprint density at radius 3 is 2.94 bits per heavy atom. The van der Waals surface area contributed by atoms with Gasteiger partial charge in [-0.3, -0.25) is 0 Å². The van der Waals surface area contributed by atoms with Crippen LogP contribution < -0.4 is 10.9 Å². The summed E-state index contributed by atoms with van der Waals surface area (Å²) in [5.74, 6) is 2.07. The quantitative estimate of drug-likeness (QED) is 0.479. The minimum absolute atomic E-state index is 0.112. The molecule has 2 aromatic carbocycles. The molecule has 1 aliphatic heterocycles. The number of phenolic OH excluding ortho intramolecular Hbond substituents is 1. The molecule has 2 N–H and O–H groups in total. The van der Waals surface area contributed by atoms with E-state index in [1.54, 1.807) is 19.1 Å². The van der Waals surface area contributed by atoms with Crippen LogP contribution in [-0.4, -0.2) is 19.9 Å². The summed E-state index contributed by atoms with van der Waals surface area (Å²) in [5.41, 5.74) is 3.31. The van der Waals surface area contributed by atoms with Gasteiger partial charge in [0, 0.05) is 47.8 Å². The van der Waals surface area contributed by atoms with Crippen LogP contribution in [0.2, 0.25) is 0 Å². The van der Waals surface area contributed by atoms with Crippen molar-refractivity contribution in [1.82, 2.24) is 14.8 Å². The van der Waals surface area contributed by atoms with E-state index in [9.17, 15) is 9.90 Å². The molecule has 7 heteroatoms. The fraction of sp³-hybridized carbons (Fsp3) is 0.292. The third-order valence-electron chi connectivity index (χ3n) is 5.93. The maximum Gasteiger partial charge on any atom is 0.336 e. The monoisotopic (exact) mass is 416 g/mol. The highest BCUT2D eigenvalue weighted by molar-refractivity contribution is 5.85. The van der Waals surface area contributed by atoms with Crippen LogP contribution in [0, 0.1) is 6.92 Å². The van der Waals surface area contributed by atoms with Crippen LogP contribution >= 0.6 is 0 Å². The third kappa shape index (κ3) is 3.67. The lowest BCUT2D eigenvalue weighted by molar-refractivity contribution is 0.468. The molecule has 7 nitrogen and oxygen atoms in total. The van der Waals surface area contributed by atoms with Gasteiger partial charge in [-0.1, -0.05) is 18.6 Å². The number of benzene rings is 2. The van der Waals surface area contributed by atoms with Crippen LogP contribution in [0.3, 0.4) is 0 Å². The van der Waals surface area contributed by atoms with Gasteiger partial charge in [0.15, 0.2) is 5.82 Å². The van der Waals surface area contributed by atoms with E-state index in [1.165, 1.54) is 12.5 Å². The fourth-order valence-electron chi connectivity index (χ4n) is 4.23. The number of anilines is 1. The van der Waals surface area contributed by atoms with Gasteiger partial charge in [0.05, 0.1) is 0 Å². The standard InChI is InChI=1S/C24H24N4O3/c1-15-20(29)10-9-19-17(13-22(30)31-23(15)19)14-25-18-7-5-6-16(12-18)24-27-26-21-8-3-2-4-11-28(21)24/h5-7,9-10,12-13,25,29H,2-4,8,11,14H2,1H3. The molecule has 0 radical (unpaired) electrons. The molecule has 31 heavy (non-hydrogen) atoms. The maximum absolute atomic E-state index is 12.1. The Balaban J connectivity index is 1.44. The molecule has 0 spiro atoms. The third-order valence-corrected chi connectivity index (χ3v) is 5.93. The molecular weight excluding hydrogens is 392 g/mol. The normalized spacial score (nSPS) is 13.7. The van der Waals surface area contributed by atoms with E-state index in [2.05, 4.69) is 26.1 Å². The number of phenols is 1. The van der Waals surface area contributed by atoms with E-state index in [4.69, 9.17) is 4.42 Å². The van der Waals surface area contributed by atoms with E-state index in [0.717, 1.165) is 59.7 Å². The van der Waals surface area contributed by atoms with Crippen molar-refractivity contribution in [2.24, 2.45) is 0 Å². The van der Waals surface area contributed by atoms with Crippen molar-refractivity contribution in [3.8, 4) is 17.1 Å². The first kappa shape index (κ1) is 19.4. The minimum Gasteiger partial charge on any atom is -0.508 e. The Hall–Kier alpha value is -3.61. The van der Waals surface area contributed by atoms with Crippen LogP contribution in [0.1, 0.15) is 36.2 Å². The van der Waals surface area contributed by atoms with E-state index < -0.39 is 5.63 Å². The van der Waals surface area contributed by atoms with Crippen LogP contribution in [0.25, 0.3) is 22.4 Å². The average molecular weight is 416 g/mol. The first-order valence-corrected chi connectivity index (χ1v) is 10.6. The second-order valence-electron chi connectivity index (χ2n) is 8.01. The Labute approximate surface area is 179 Å². The summed E-state index contributed by atoms with van der Waals surface area (Å²) in [4.78, 5) is 12.1. The van der Waals surface area contributed by atoms with Crippen molar-refractivity contribution in [3.05, 3.63) is 69.8 Å². The van der Waals surface area contributed by atoms with E-state index in [-0.39, 0.29) is 5.75 Å². The van der Waals surface area contributed by atoms with Crippen molar-refractivity contribution >= 4 is 16.7 Å². The van der Waals surface area contributed by atoms with Crippen molar-refractivity contribution in [2.45, 2.75) is 45.7 Å². The van der Waals surface area contributed by atoms with Crippen LogP contribution in [0.4, 0.5) is 5.69 Å². The predicted octanol–water partition coefficient (Wildman–Crippen LogP) is 4.40. The highest BCUT2D eigenvalue weighted by atomic mass is 16.4. The minimum atomic E-state index is -0.432. The number of aryl methyl sites for hydroxylation is 2. The van der Waals surface area contributed by atoms with Crippen molar-refractivity contribution in [1.29, 1.82) is 0 Å². The number of fused-ring (bicyclic) bond motifs is 2. The SMILES string of the molecule is Cc1c(O)ccc2c(CNc3cccc(-c4nnc5n4CCCCC5)c3)cc(=O)oc12. The highest BCUT2D eigenvalue weighted by Gasteiger charge is 2.16. The zero-order chi connectivity index (χ0) is 21.4. The number of nitrogens with zero attached hydrogens (tertiary/aromatic N) is 3. The van der Waals surface area contributed by atoms with Gasteiger partial charge in [0.25, 0.3) is 0 Å². The first-order valence-electron chi connectivity index (χ1n) is 10.6. The maximum atomic E-state index is 12.1. The number of rotatable bonds is 4. The van der Waals surface area contributed by atoms with Gasteiger partial charge < -0.3 is 19.4 Å². The van der Waals surface area contributed by atoms with Gasteiger partial charge in [-0.25, -0.2) is 4.79 Å². The van der Waals surface area contributed by atoms with Crippen LogP contribution in [0.15, 0.2) is 51.7 Å². The summed E-state index contributed by atoms with van der Waals surface area (Å²) in [5, 5.41) is 23.0. The molecule has 1 aliphatic rings. The molecule has 5 rings (SSSR count). The van der Waals surface area contributed by atoms with E-state index in [1.807, 2.05) is 18.2 Å². The molecule has 0 saturated heterocycles. The first-order chi connectivity index (χ1) is 15.1. The van der Waals surface area contributed by atoms with Crippen LogP contribution in [-0.2, 0) is 19.5 Å². The average Bonchev–Trinajstić information content (AvgIpc) is 3.03. The van der Waals surface area contributed by atoms with Gasteiger partial charge >= 0.3 is 5.63 Å². The topological polar surface area (TPSA) is 93.2 Å². The molecule has 0 saturated carbocycles. The van der Waals surface area contributed by atoms with Gasteiger partial charge in [-0.2, -0.15) is 0 Å². The number of nitrogens with one attached hydrogen (secondary N) is 1. The summed E-state index contributed by atoms with van der Waals surface area (Å²) >= 11 is 0. The molecule has 0 unspecified atom stereocenters. The second-order valence-corrected chi connectivity index (χ2v) is 8.01. The van der Waals surface area contributed by atoms with E-state index >= 15 is 0 Å². The molecule has 0 fully saturated rings. The lowest BCUT2D eigenvalue weighted by Gasteiger charge is -2.12. The lowest BCUT2D eigenvalue weighted by Crippen LogP contribution is -2.07. The fourth-order valence-corrected chi connectivity index (χ4v) is 4.23. The summed E-state index contributed by atoms with van der Waals surface area (Å²) < 4.78 is 7.57. The molecule has 0 amide bonds. The summed E-state index contributed by atoms with van der Waals surface area (Å²) in [6.45, 7) is 3.14. The van der Waals surface area contributed by atoms with Crippen LogP contribution in [0.5, 0.6) is 5.75 Å². The largest absolute Gasteiger partial charge is 0.508 e. The van der Waals surface area contributed by atoms with Crippen molar-refractivity contribution in [3.63, 3.8) is 0 Å². The predicted molar refractivity (Wildman–Crippen MR) is 119 cm³/mol. The lowest BCUT2D eigenvalue weighted by atomic mass is 10.1. The summed E-state index contributed by atoms with van der Waals surface area (Å²) in [7, 11) is 0. The molecule has 0 atom stereocenters. The number of aromatic nitrogens is 3. The Morgan fingerprint density at radius 1 is 1.13 bits per heavy atom. The zero-order valence-corrected chi connectivity index (χ0v) is 17.4. The second kappa shape index (κ2) is 7.91. The highest BCUT2D eigenvalue weighted by Crippen LogP contribution is 2.29. The molecular formula is C24H24N4O3. The Bertz CT molecular complexity index is 1320.